The highest BCUT2D eigenvalue weighted by Crippen LogP contribution is 2.49. The number of benzene rings is 7. The lowest BCUT2D eigenvalue weighted by Gasteiger charge is -2.14. The number of nitrogens with zero attached hydrogens (tertiary/aromatic N) is 2. The van der Waals surface area contributed by atoms with Crippen molar-refractivity contribution < 1.29 is 0 Å². The molecule has 0 saturated heterocycles. The van der Waals surface area contributed by atoms with Gasteiger partial charge < -0.3 is 0 Å². The van der Waals surface area contributed by atoms with Crippen LogP contribution in [0.3, 0.4) is 0 Å². The third-order valence-corrected chi connectivity index (χ3v) is 10.3. The predicted octanol–water partition coefficient (Wildman–Crippen LogP) is 11.7. The van der Waals surface area contributed by atoms with Crippen LogP contribution in [0.2, 0.25) is 0 Å². The highest BCUT2D eigenvalue weighted by atomic mass is 32.1. The fourth-order valence-electron chi connectivity index (χ4n) is 7.28. The zero-order chi connectivity index (χ0) is 28.8. The van der Waals surface area contributed by atoms with Crippen LogP contribution in [0.4, 0.5) is 0 Å². The minimum Gasteiger partial charge on any atom is -0.293 e. The van der Waals surface area contributed by atoms with Crippen molar-refractivity contribution in [3.63, 3.8) is 0 Å². The van der Waals surface area contributed by atoms with Gasteiger partial charge in [-0.3, -0.25) is 4.57 Å². The number of pyridine rings is 1. The van der Waals surface area contributed by atoms with E-state index < -0.39 is 0 Å². The quantitative estimate of drug-likeness (QED) is 0.187. The summed E-state index contributed by atoms with van der Waals surface area (Å²) in [7, 11) is 0. The van der Waals surface area contributed by atoms with Crippen LogP contribution in [0.25, 0.3) is 91.4 Å². The summed E-state index contributed by atoms with van der Waals surface area (Å²) in [6, 6.07) is 52.6. The van der Waals surface area contributed by atoms with Gasteiger partial charge in [-0.05, 0) is 39.7 Å². The predicted molar refractivity (Wildman–Crippen MR) is 189 cm³/mol. The van der Waals surface area contributed by atoms with Crippen molar-refractivity contribution >= 4 is 85.6 Å². The van der Waals surface area contributed by atoms with Crippen molar-refractivity contribution in [1.82, 2.24) is 9.55 Å². The Labute approximate surface area is 257 Å². The minimum absolute atomic E-state index is 0.936. The minimum atomic E-state index is 0.936. The maximum atomic E-state index is 5.48. The molecule has 10 aromatic rings. The van der Waals surface area contributed by atoms with Gasteiger partial charge in [0.2, 0.25) is 0 Å². The molecule has 204 valence electrons. The van der Waals surface area contributed by atoms with E-state index in [1.165, 1.54) is 68.9 Å². The van der Waals surface area contributed by atoms with E-state index in [0.29, 0.717) is 0 Å². The van der Waals surface area contributed by atoms with E-state index in [-0.39, 0.29) is 0 Å². The Kier molecular flexibility index (Phi) is 4.90. The lowest BCUT2D eigenvalue weighted by atomic mass is 9.95. The Morgan fingerprint density at radius 3 is 2.02 bits per heavy atom. The van der Waals surface area contributed by atoms with Gasteiger partial charge in [-0.25, -0.2) is 4.98 Å². The van der Waals surface area contributed by atoms with E-state index in [9.17, 15) is 0 Å². The summed E-state index contributed by atoms with van der Waals surface area (Å²) in [6.45, 7) is 0. The lowest BCUT2D eigenvalue weighted by molar-refractivity contribution is 1.10. The third-order valence-electron chi connectivity index (χ3n) is 9.14. The second-order valence-corrected chi connectivity index (χ2v) is 12.6. The van der Waals surface area contributed by atoms with Crippen LogP contribution in [0.15, 0.2) is 146 Å². The van der Waals surface area contributed by atoms with Gasteiger partial charge in [0.25, 0.3) is 0 Å². The molecule has 2 nitrogen and oxygen atoms in total. The number of thiophene rings is 1. The molecule has 0 bridgehead atoms. The molecule has 0 saturated carbocycles. The van der Waals surface area contributed by atoms with Gasteiger partial charge in [0.1, 0.15) is 5.82 Å². The highest BCUT2D eigenvalue weighted by Gasteiger charge is 2.23. The molecule has 0 aliphatic heterocycles. The fraction of sp³-hybridized carbons (Fsp3) is 0. The lowest BCUT2D eigenvalue weighted by Crippen LogP contribution is -2.00. The average molecular weight is 577 g/mol. The molecule has 3 heteroatoms. The van der Waals surface area contributed by atoms with E-state index >= 15 is 0 Å². The number of hydrogen-bond acceptors (Lipinski definition) is 2. The number of fused-ring (bicyclic) bond motifs is 13. The molecule has 0 amide bonds. The number of rotatable bonds is 2. The molecule has 0 spiro atoms. The topological polar surface area (TPSA) is 17.8 Å². The SMILES string of the molecule is c1ccc(-c2nc(-n3c4ccccc4c4c5ccc6ccccc6c5c5sc6ccccc6c5c43)cc3ccccc23)cc1. The van der Waals surface area contributed by atoms with E-state index in [4.69, 9.17) is 4.98 Å². The summed E-state index contributed by atoms with van der Waals surface area (Å²) >= 11 is 1.90. The van der Waals surface area contributed by atoms with Gasteiger partial charge in [-0.2, -0.15) is 0 Å². The molecule has 0 aliphatic rings. The van der Waals surface area contributed by atoms with E-state index in [1.54, 1.807) is 0 Å². The Hall–Kier alpha value is -5.51. The second kappa shape index (κ2) is 9.00. The van der Waals surface area contributed by atoms with E-state index in [2.05, 4.69) is 150 Å². The van der Waals surface area contributed by atoms with Crippen LogP contribution >= 0.6 is 11.3 Å². The summed E-state index contributed by atoms with van der Waals surface area (Å²) in [5.41, 5.74) is 4.52. The van der Waals surface area contributed by atoms with Crippen LogP contribution < -0.4 is 0 Å². The molecule has 0 aliphatic carbocycles. The molecule has 0 fully saturated rings. The van der Waals surface area contributed by atoms with Crippen LogP contribution in [0.1, 0.15) is 0 Å². The summed E-state index contributed by atoms with van der Waals surface area (Å²) < 4.78 is 5.07. The van der Waals surface area contributed by atoms with Crippen LogP contribution in [-0.4, -0.2) is 9.55 Å². The molecule has 7 aromatic carbocycles. The van der Waals surface area contributed by atoms with Crippen LogP contribution in [0, 0.1) is 0 Å². The molecule has 0 atom stereocenters. The van der Waals surface area contributed by atoms with E-state index in [1.807, 2.05) is 11.3 Å². The highest BCUT2D eigenvalue weighted by molar-refractivity contribution is 7.27. The first-order valence-electron chi connectivity index (χ1n) is 15.0. The van der Waals surface area contributed by atoms with Crippen molar-refractivity contribution in [2.24, 2.45) is 0 Å². The van der Waals surface area contributed by atoms with Gasteiger partial charge in [0.15, 0.2) is 0 Å². The first-order chi connectivity index (χ1) is 21.8. The Morgan fingerprint density at radius 1 is 0.477 bits per heavy atom. The molecule has 10 rings (SSSR count). The van der Waals surface area contributed by atoms with Gasteiger partial charge >= 0.3 is 0 Å². The molecular weight excluding hydrogens is 553 g/mol. The van der Waals surface area contributed by atoms with Gasteiger partial charge in [0, 0.05) is 47.3 Å². The number of aromatic nitrogens is 2. The molecule has 3 aromatic heterocycles. The fourth-order valence-corrected chi connectivity index (χ4v) is 8.56. The molecule has 0 unspecified atom stereocenters. The Morgan fingerprint density at radius 2 is 1.16 bits per heavy atom. The van der Waals surface area contributed by atoms with Gasteiger partial charge in [0.05, 0.1) is 16.7 Å². The monoisotopic (exact) mass is 576 g/mol. The first-order valence-corrected chi connectivity index (χ1v) is 15.8. The summed E-state index contributed by atoms with van der Waals surface area (Å²) in [5, 5.41) is 12.7. The zero-order valence-corrected chi connectivity index (χ0v) is 24.5. The summed E-state index contributed by atoms with van der Waals surface area (Å²) in [4.78, 5) is 5.48. The summed E-state index contributed by atoms with van der Waals surface area (Å²) in [6.07, 6.45) is 0. The van der Waals surface area contributed by atoms with Crippen molar-refractivity contribution in [2.45, 2.75) is 0 Å². The largest absolute Gasteiger partial charge is 0.293 e. The smallest absolute Gasteiger partial charge is 0.138 e. The molecule has 44 heavy (non-hydrogen) atoms. The van der Waals surface area contributed by atoms with Crippen molar-refractivity contribution in [3.05, 3.63) is 146 Å². The van der Waals surface area contributed by atoms with Gasteiger partial charge in [-0.15, -0.1) is 11.3 Å². The maximum absolute atomic E-state index is 5.48. The third kappa shape index (κ3) is 3.22. The van der Waals surface area contributed by atoms with Crippen molar-refractivity contribution in [1.29, 1.82) is 0 Å². The number of hydrogen-bond donors (Lipinski definition) is 0. The van der Waals surface area contributed by atoms with E-state index in [0.717, 1.165) is 22.5 Å². The Balaban J connectivity index is 1.48. The van der Waals surface area contributed by atoms with Crippen molar-refractivity contribution in [2.75, 3.05) is 0 Å². The van der Waals surface area contributed by atoms with Gasteiger partial charge in [-0.1, -0.05) is 127 Å². The Bertz CT molecular complexity index is 2770. The molecule has 0 N–H and O–H groups in total. The standard InChI is InChI=1S/C41H24N2S/c1-2-13-26(14-3-1)39-29-17-7-5-15-27(29)24-35(42-39)43-33-20-10-8-18-30(33)36-32-23-22-25-12-4-6-16-28(25)37(32)41-38(40(36)43)31-19-9-11-21-34(31)44-41/h1-24H. The zero-order valence-electron chi connectivity index (χ0n) is 23.7. The van der Waals surface area contributed by atoms with Crippen molar-refractivity contribution in [3.8, 4) is 17.1 Å². The maximum Gasteiger partial charge on any atom is 0.138 e. The summed E-state index contributed by atoms with van der Waals surface area (Å²) in [5.74, 6) is 0.936. The molecule has 0 radical (unpaired) electrons. The second-order valence-electron chi connectivity index (χ2n) is 11.5. The molecular formula is C41H24N2S. The van der Waals surface area contributed by atoms with Crippen LogP contribution in [0.5, 0.6) is 0 Å². The van der Waals surface area contributed by atoms with Crippen LogP contribution in [-0.2, 0) is 0 Å². The number of para-hydroxylation sites is 1. The average Bonchev–Trinajstić information content (AvgIpc) is 3.64. The first kappa shape index (κ1) is 24.0. The molecule has 3 heterocycles. The normalized spacial score (nSPS) is 12.1.